The highest BCUT2D eigenvalue weighted by molar-refractivity contribution is 5.83. The number of anilines is 1. The van der Waals surface area contributed by atoms with Gasteiger partial charge in [-0.1, -0.05) is 12.1 Å². The standard InChI is InChI=1S/C14H17F3N2O2/c1-9(2)19(8-14(15,16)17)13(20)12-7-18-10-5-3-4-6-11(10)21-12/h3-6,9,12,18H,7-8H2,1-2H3. The third-order valence-corrected chi connectivity index (χ3v) is 3.17. The maximum atomic E-state index is 12.6. The van der Waals surface area contributed by atoms with E-state index in [9.17, 15) is 18.0 Å². The molecule has 1 atom stereocenters. The van der Waals surface area contributed by atoms with Gasteiger partial charge in [-0.3, -0.25) is 4.79 Å². The quantitative estimate of drug-likeness (QED) is 0.933. The van der Waals surface area contributed by atoms with Crippen LogP contribution in [0, 0.1) is 0 Å². The molecule has 0 bridgehead atoms. The van der Waals surface area contributed by atoms with Crippen LogP contribution >= 0.6 is 0 Å². The number of amides is 1. The number of rotatable bonds is 3. The minimum absolute atomic E-state index is 0.150. The summed E-state index contributed by atoms with van der Waals surface area (Å²) in [6, 6.07) is 6.45. The van der Waals surface area contributed by atoms with Gasteiger partial charge in [0.2, 0.25) is 0 Å². The Labute approximate surface area is 120 Å². The summed E-state index contributed by atoms with van der Waals surface area (Å²) < 4.78 is 43.3. The molecule has 1 aliphatic heterocycles. The molecular formula is C14H17F3N2O2. The predicted octanol–water partition coefficient (Wildman–Crippen LogP) is 2.66. The van der Waals surface area contributed by atoms with Crippen molar-refractivity contribution in [2.75, 3.05) is 18.4 Å². The Hall–Kier alpha value is -1.92. The van der Waals surface area contributed by atoms with Crippen molar-refractivity contribution < 1.29 is 22.7 Å². The second-order valence-electron chi connectivity index (χ2n) is 5.16. The maximum Gasteiger partial charge on any atom is 0.406 e. The van der Waals surface area contributed by atoms with Crippen LogP contribution in [0.5, 0.6) is 5.75 Å². The van der Waals surface area contributed by atoms with E-state index >= 15 is 0 Å². The molecule has 1 unspecified atom stereocenters. The van der Waals surface area contributed by atoms with Crippen LogP contribution in [0.15, 0.2) is 24.3 Å². The molecule has 1 N–H and O–H groups in total. The van der Waals surface area contributed by atoms with Crippen molar-refractivity contribution in [3.05, 3.63) is 24.3 Å². The zero-order chi connectivity index (χ0) is 15.6. The van der Waals surface area contributed by atoms with E-state index in [-0.39, 0.29) is 6.54 Å². The van der Waals surface area contributed by atoms with E-state index in [1.807, 2.05) is 0 Å². The number of benzene rings is 1. The molecule has 0 aliphatic carbocycles. The number of hydrogen-bond donors (Lipinski definition) is 1. The minimum Gasteiger partial charge on any atom is -0.477 e. The first kappa shape index (κ1) is 15.5. The van der Waals surface area contributed by atoms with Gasteiger partial charge in [0.1, 0.15) is 12.3 Å². The normalized spacial score (nSPS) is 17.7. The summed E-state index contributed by atoms with van der Waals surface area (Å²) in [4.78, 5) is 13.1. The van der Waals surface area contributed by atoms with Crippen LogP contribution in [0.4, 0.5) is 18.9 Å². The fourth-order valence-corrected chi connectivity index (χ4v) is 2.14. The predicted molar refractivity (Wildman–Crippen MR) is 72.3 cm³/mol. The van der Waals surface area contributed by atoms with Crippen LogP contribution in [0.3, 0.4) is 0 Å². The number of nitrogens with zero attached hydrogens (tertiary/aromatic N) is 1. The molecule has 1 amide bonds. The molecule has 2 rings (SSSR count). The average molecular weight is 302 g/mol. The number of nitrogens with one attached hydrogen (secondary N) is 1. The van der Waals surface area contributed by atoms with Crippen LogP contribution in [0.25, 0.3) is 0 Å². The fraction of sp³-hybridized carbons (Fsp3) is 0.500. The highest BCUT2D eigenvalue weighted by atomic mass is 19.4. The lowest BCUT2D eigenvalue weighted by atomic mass is 10.2. The molecule has 4 nitrogen and oxygen atoms in total. The Kier molecular flexibility index (Phi) is 4.29. The Morgan fingerprint density at radius 2 is 2.10 bits per heavy atom. The molecule has 21 heavy (non-hydrogen) atoms. The topological polar surface area (TPSA) is 41.6 Å². The lowest BCUT2D eigenvalue weighted by Crippen LogP contribution is -2.52. The molecule has 0 saturated heterocycles. The Bertz CT molecular complexity index is 517. The number of carbonyl (C=O) groups excluding carboxylic acids is 1. The van der Waals surface area contributed by atoms with Gasteiger partial charge in [0.15, 0.2) is 6.10 Å². The monoisotopic (exact) mass is 302 g/mol. The Morgan fingerprint density at radius 1 is 1.43 bits per heavy atom. The van der Waals surface area contributed by atoms with Crippen LogP contribution in [-0.4, -0.2) is 42.2 Å². The molecule has 1 heterocycles. The highest BCUT2D eigenvalue weighted by Crippen LogP contribution is 2.29. The molecular weight excluding hydrogens is 285 g/mol. The Morgan fingerprint density at radius 3 is 2.71 bits per heavy atom. The molecule has 0 fully saturated rings. The van der Waals surface area contributed by atoms with Gasteiger partial charge >= 0.3 is 6.18 Å². The summed E-state index contributed by atoms with van der Waals surface area (Å²) in [5.74, 6) is -0.192. The first-order chi connectivity index (χ1) is 9.78. The van der Waals surface area contributed by atoms with Gasteiger partial charge in [-0.25, -0.2) is 0 Å². The van der Waals surface area contributed by atoms with E-state index in [1.54, 1.807) is 38.1 Å². The number of alkyl halides is 3. The summed E-state index contributed by atoms with van der Waals surface area (Å²) in [6.45, 7) is 1.98. The lowest BCUT2D eigenvalue weighted by Gasteiger charge is -2.33. The number of para-hydroxylation sites is 2. The molecule has 0 saturated carbocycles. The summed E-state index contributed by atoms with van der Waals surface area (Å²) in [5, 5.41) is 3.00. The first-order valence-electron chi connectivity index (χ1n) is 6.65. The third kappa shape index (κ3) is 3.80. The average Bonchev–Trinajstić information content (AvgIpc) is 2.42. The van der Waals surface area contributed by atoms with Gasteiger partial charge in [0.05, 0.1) is 12.2 Å². The van der Waals surface area contributed by atoms with Gasteiger partial charge in [0.25, 0.3) is 5.91 Å². The van der Waals surface area contributed by atoms with Crippen LogP contribution < -0.4 is 10.1 Å². The zero-order valence-electron chi connectivity index (χ0n) is 11.8. The molecule has 0 aromatic heterocycles. The lowest BCUT2D eigenvalue weighted by molar-refractivity contribution is -0.168. The van der Waals surface area contributed by atoms with E-state index in [0.29, 0.717) is 5.75 Å². The molecule has 1 aliphatic rings. The Balaban J connectivity index is 2.12. The van der Waals surface area contributed by atoms with Crippen molar-refractivity contribution in [3.63, 3.8) is 0 Å². The van der Waals surface area contributed by atoms with Gasteiger partial charge in [0, 0.05) is 6.04 Å². The van der Waals surface area contributed by atoms with Crippen molar-refractivity contribution in [1.82, 2.24) is 4.90 Å². The SMILES string of the molecule is CC(C)N(CC(F)(F)F)C(=O)C1CNc2ccccc2O1. The van der Waals surface area contributed by atoms with Crippen LogP contribution in [0.2, 0.25) is 0 Å². The van der Waals surface area contributed by atoms with E-state index in [0.717, 1.165) is 10.6 Å². The van der Waals surface area contributed by atoms with Crippen molar-refractivity contribution in [3.8, 4) is 5.75 Å². The second-order valence-corrected chi connectivity index (χ2v) is 5.16. The number of hydrogen-bond acceptors (Lipinski definition) is 3. The maximum absolute atomic E-state index is 12.6. The van der Waals surface area contributed by atoms with Crippen molar-refractivity contribution in [2.24, 2.45) is 0 Å². The number of ether oxygens (including phenoxy) is 1. The molecule has 0 radical (unpaired) electrons. The summed E-state index contributed by atoms with van der Waals surface area (Å²) in [5.41, 5.74) is 0.730. The van der Waals surface area contributed by atoms with Gasteiger partial charge in [-0.2, -0.15) is 13.2 Å². The first-order valence-corrected chi connectivity index (χ1v) is 6.65. The molecule has 7 heteroatoms. The summed E-state index contributed by atoms with van der Waals surface area (Å²) >= 11 is 0. The zero-order valence-corrected chi connectivity index (χ0v) is 11.8. The molecule has 116 valence electrons. The van der Waals surface area contributed by atoms with Crippen LogP contribution in [0.1, 0.15) is 13.8 Å². The highest BCUT2D eigenvalue weighted by Gasteiger charge is 2.38. The molecule has 1 aromatic rings. The van der Waals surface area contributed by atoms with Crippen molar-refractivity contribution in [1.29, 1.82) is 0 Å². The number of carbonyl (C=O) groups is 1. The fourth-order valence-electron chi connectivity index (χ4n) is 2.14. The minimum atomic E-state index is -4.43. The van der Waals surface area contributed by atoms with Gasteiger partial charge in [-0.05, 0) is 26.0 Å². The number of fused-ring (bicyclic) bond motifs is 1. The molecule has 0 spiro atoms. The second kappa shape index (κ2) is 5.83. The van der Waals surface area contributed by atoms with Crippen molar-refractivity contribution in [2.45, 2.75) is 32.2 Å². The molecule has 1 aromatic carbocycles. The van der Waals surface area contributed by atoms with Gasteiger partial charge in [-0.15, -0.1) is 0 Å². The van der Waals surface area contributed by atoms with E-state index in [4.69, 9.17) is 4.74 Å². The van der Waals surface area contributed by atoms with E-state index in [1.165, 1.54) is 0 Å². The van der Waals surface area contributed by atoms with Crippen LogP contribution in [-0.2, 0) is 4.79 Å². The summed E-state index contributed by atoms with van der Waals surface area (Å²) in [7, 11) is 0. The third-order valence-electron chi connectivity index (χ3n) is 3.17. The van der Waals surface area contributed by atoms with E-state index < -0.39 is 30.8 Å². The van der Waals surface area contributed by atoms with Gasteiger partial charge < -0.3 is 15.0 Å². The summed E-state index contributed by atoms with van der Waals surface area (Å²) in [6.07, 6.45) is -5.38. The largest absolute Gasteiger partial charge is 0.477 e. The van der Waals surface area contributed by atoms with Crippen molar-refractivity contribution >= 4 is 11.6 Å². The smallest absolute Gasteiger partial charge is 0.406 e. The van der Waals surface area contributed by atoms with E-state index in [2.05, 4.69) is 5.32 Å². The number of halogens is 3.